The van der Waals surface area contributed by atoms with Gasteiger partial charge in [0, 0.05) is 12.6 Å². The van der Waals surface area contributed by atoms with Crippen LogP contribution in [-0.2, 0) is 12.7 Å². The van der Waals surface area contributed by atoms with Crippen LogP contribution in [0.3, 0.4) is 0 Å². The molecule has 0 aromatic heterocycles. The highest BCUT2D eigenvalue weighted by atomic mass is 19.4. The summed E-state index contributed by atoms with van der Waals surface area (Å²) in [5, 5.41) is 3.25. The summed E-state index contributed by atoms with van der Waals surface area (Å²) in [5.41, 5.74) is -0.728. The molecule has 0 amide bonds. The fraction of sp³-hybridized carbons (Fsp3) is 0.600. The predicted molar refractivity (Wildman–Crippen MR) is 69.7 cm³/mol. The van der Waals surface area contributed by atoms with E-state index in [1.165, 1.54) is 31.7 Å². The summed E-state index contributed by atoms with van der Waals surface area (Å²) in [6.45, 7) is 2.39. The third-order valence-corrected chi connectivity index (χ3v) is 4.07. The second-order valence-electron chi connectivity index (χ2n) is 5.53. The number of benzene rings is 1. The van der Waals surface area contributed by atoms with Gasteiger partial charge in [-0.15, -0.1) is 0 Å². The van der Waals surface area contributed by atoms with Crippen LogP contribution < -0.4 is 5.32 Å². The Hall–Kier alpha value is -1.10. The van der Waals surface area contributed by atoms with E-state index in [-0.39, 0.29) is 6.04 Å². The zero-order valence-corrected chi connectivity index (χ0v) is 11.4. The first kappa shape index (κ1) is 15.3. The van der Waals surface area contributed by atoms with Crippen LogP contribution in [0.4, 0.5) is 17.6 Å². The van der Waals surface area contributed by atoms with Gasteiger partial charge in [-0.2, -0.15) is 13.2 Å². The van der Waals surface area contributed by atoms with Gasteiger partial charge in [0.05, 0.1) is 5.56 Å². The minimum absolute atomic E-state index is 0.275. The van der Waals surface area contributed by atoms with E-state index in [1.807, 2.05) is 0 Å². The van der Waals surface area contributed by atoms with Crippen LogP contribution >= 0.6 is 0 Å². The van der Waals surface area contributed by atoms with E-state index in [4.69, 9.17) is 0 Å². The van der Waals surface area contributed by atoms with Gasteiger partial charge in [-0.05, 0) is 43.4 Å². The standard InChI is InChI=1S/C15H19F4N/c1-10(12-4-2-3-5-12)20-9-11-6-7-14(16)13(8-11)15(17,18)19/h6-8,10,12,20H,2-5,9H2,1H3/t10-/m1/s1. The predicted octanol–water partition coefficient (Wildman–Crippen LogP) is 4.51. The van der Waals surface area contributed by atoms with Crippen molar-refractivity contribution in [3.05, 3.63) is 35.1 Å². The number of halogens is 4. The summed E-state index contributed by atoms with van der Waals surface area (Å²) in [7, 11) is 0. The first-order chi connectivity index (χ1) is 9.38. The van der Waals surface area contributed by atoms with Crippen LogP contribution in [0.2, 0.25) is 0 Å². The Labute approximate surface area is 116 Å². The average Bonchev–Trinajstić information content (AvgIpc) is 2.90. The monoisotopic (exact) mass is 289 g/mol. The Balaban J connectivity index is 1.99. The van der Waals surface area contributed by atoms with Gasteiger partial charge in [0.1, 0.15) is 5.82 Å². The van der Waals surface area contributed by atoms with Crippen LogP contribution in [0.1, 0.15) is 43.7 Å². The molecule has 1 aromatic carbocycles. The van der Waals surface area contributed by atoms with Gasteiger partial charge in [-0.1, -0.05) is 18.9 Å². The topological polar surface area (TPSA) is 12.0 Å². The molecule has 5 heteroatoms. The maximum absolute atomic E-state index is 13.2. The van der Waals surface area contributed by atoms with Gasteiger partial charge in [-0.25, -0.2) is 4.39 Å². The van der Waals surface area contributed by atoms with Crippen molar-refractivity contribution < 1.29 is 17.6 Å². The Bertz CT molecular complexity index is 450. The largest absolute Gasteiger partial charge is 0.419 e. The first-order valence-corrected chi connectivity index (χ1v) is 6.97. The molecule has 1 N–H and O–H groups in total. The maximum Gasteiger partial charge on any atom is 0.419 e. The third-order valence-electron chi connectivity index (χ3n) is 4.07. The molecule has 2 rings (SSSR count). The quantitative estimate of drug-likeness (QED) is 0.804. The smallest absolute Gasteiger partial charge is 0.310 e. The number of nitrogens with one attached hydrogen (secondary N) is 1. The van der Waals surface area contributed by atoms with E-state index in [0.717, 1.165) is 12.1 Å². The molecule has 0 saturated heterocycles. The van der Waals surface area contributed by atoms with Gasteiger partial charge in [0.2, 0.25) is 0 Å². The average molecular weight is 289 g/mol. The van der Waals surface area contributed by atoms with Crippen molar-refractivity contribution >= 4 is 0 Å². The molecular formula is C15H19F4N. The number of hydrogen-bond donors (Lipinski definition) is 1. The molecule has 0 heterocycles. The molecule has 1 fully saturated rings. The Morgan fingerprint density at radius 3 is 2.50 bits per heavy atom. The molecule has 1 aliphatic carbocycles. The van der Waals surface area contributed by atoms with Crippen LogP contribution in [0.25, 0.3) is 0 Å². The van der Waals surface area contributed by atoms with E-state index >= 15 is 0 Å². The summed E-state index contributed by atoms with van der Waals surface area (Å²) >= 11 is 0. The molecule has 0 unspecified atom stereocenters. The van der Waals surface area contributed by atoms with Gasteiger partial charge >= 0.3 is 6.18 Å². The lowest BCUT2D eigenvalue weighted by Crippen LogP contribution is -2.31. The first-order valence-electron chi connectivity index (χ1n) is 6.97. The van der Waals surface area contributed by atoms with Crippen molar-refractivity contribution in [1.82, 2.24) is 5.32 Å². The van der Waals surface area contributed by atoms with Gasteiger partial charge in [-0.3, -0.25) is 0 Å². The summed E-state index contributed by atoms with van der Waals surface area (Å²) in [6, 6.07) is 3.46. The minimum atomic E-state index is -4.64. The van der Waals surface area contributed by atoms with Crippen LogP contribution in [-0.4, -0.2) is 6.04 Å². The molecule has 1 nitrogen and oxygen atoms in total. The SMILES string of the molecule is C[C@@H](NCc1ccc(F)c(C(F)(F)F)c1)C1CCCC1. The van der Waals surface area contributed by atoms with Crippen molar-refractivity contribution in [3.8, 4) is 0 Å². The molecule has 0 spiro atoms. The molecule has 1 aliphatic rings. The molecule has 112 valence electrons. The van der Waals surface area contributed by atoms with E-state index in [1.54, 1.807) is 0 Å². The van der Waals surface area contributed by atoms with Crippen LogP contribution in [0.15, 0.2) is 18.2 Å². The summed E-state index contributed by atoms with van der Waals surface area (Å²) in [4.78, 5) is 0. The van der Waals surface area contributed by atoms with Crippen molar-refractivity contribution in [3.63, 3.8) is 0 Å². The lowest BCUT2D eigenvalue weighted by atomic mass is 9.99. The third kappa shape index (κ3) is 3.72. The van der Waals surface area contributed by atoms with Crippen LogP contribution in [0, 0.1) is 11.7 Å². The van der Waals surface area contributed by atoms with E-state index in [0.29, 0.717) is 18.0 Å². The normalized spacial score (nSPS) is 18.4. The van der Waals surface area contributed by atoms with E-state index < -0.39 is 17.6 Å². The summed E-state index contributed by atoms with van der Waals surface area (Å²) in [5.74, 6) is -0.623. The summed E-state index contributed by atoms with van der Waals surface area (Å²) in [6.07, 6.45) is 0.158. The second-order valence-corrected chi connectivity index (χ2v) is 5.53. The highest BCUT2D eigenvalue weighted by molar-refractivity contribution is 5.27. The maximum atomic E-state index is 13.2. The lowest BCUT2D eigenvalue weighted by molar-refractivity contribution is -0.140. The Morgan fingerprint density at radius 2 is 1.90 bits per heavy atom. The highest BCUT2D eigenvalue weighted by Gasteiger charge is 2.34. The fourth-order valence-electron chi connectivity index (χ4n) is 2.80. The van der Waals surface area contributed by atoms with Crippen molar-refractivity contribution in [2.75, 3.05) is 0 Å². The Morgan fingerprint density at radius 1 is 1.25 bits per heavy atom. The molecule has 0 radical (unpaired) electrons. The molecule has 1 aromatic rings. The highest BCUT2D eigenvalue weighted by Crippen LogP contribution is 2.32. The van der Waals surface area contributed by atoms with Crippen molar-refractivity contribution in [2.45, 2.75) is 51.4 Å². The zero-order chi connectivity index (χ0) is 14.8. The zero-order valence-electron chi connectivity index (χ0n) is 11.4. The van der Waals surface area contributed by atoms with E-state index in [2.05, 4.69) is 12.2 Å². The number of hydrogen-bond acceptors (Lipinski definition) is 1. The summed E-state index contributed by atoms with van der Waals surface area (Å²) < 4.78 is 51.0. The van der Waals surface area contributed by atoms with Crippen molar-refractivity contribution in [2.24, 2.45) is 5.92 Å². The minimum Gasteiger partial charge on any atom is -0.310 e. The molecule has 20 heavy (non-hydrogen) atoms. The molecule has 0 bridgehead atoms. The van der Waals surface area contributed by atoms with Crippen molar-refractivity contribution in [1.29, 1.82) is 0 Å². The molecule has 1 saturated carbocycles. The van der Waals surface area contributed by atoms with Crippen LogP contribution in [0.5, 0.6) is 0 Å². The second kappa shape index (κ2) is 6.12. The van der Waals surface area contributed by atoms with Gasteiger partial charge < -0.3 is 5.32 Å². The number of alkyl halides is 3. The van der Waals surface area contributed by atoms with E-state index in [9.17, 15) is 17.6 Å². The molecular weight excluding hydrogens is 270 g/mol. The van der Waals surface area contributed by atoms with Gasteiger partial charge in [0.15, 0.2) is 0 Å². The lowest BCUT2D eigenvalue weighted by Gasteiger charge is -2.20. The van der Waals surface area contributed by atoms with Gasteiger partial charge in [0.25, 0.3) is 0 Å². The molecule has 0 aliphatic heterocycles. The molecule has 1 atom stereocenters. The Kier molecular flexibility index (Phi) is 4.68. The number of rotatable bonds is 4. The fourth-order valence-corrected chi connectivity index (χ4v) is 2.80.